The maximum atomic E-state index is 11.7. The van der Waals surface area contributed by atoms with Crippen LogP contribution in [0.5, 0.6) is 0 Å². The number of rotatable bonds is 6. The number of nitro groups is 1. The van der Waals surface area contributed by atoms with E-state index in [2.05, 4.69) is 26.0 Å². The van der Waals surface area contributed by atoms with Gasteiger partial charge in [-0.2, -0.15) is 0 Å². The van der Waals surface area contributed by atoms with Crippen molar-refractivity contribution in [3.8, 4) is 0 Å². The summed E-state index contributed by atoms with van der Waals surface area (Å²) in [6, 6.07) is 0. The van der Waals surface area contributed by atoms with E-state index in [4.69, 9.17) is 0 Å². The third kappa shape index (κ3) is 3.54. The first kappa shape index (κ1) is 16.6. The van der Waals surface area contributed by atoms with E-state index in [9.17, 15) is 19.7 Å². The second-order valence-corrected chi connectivity index (χ2v) is 5.42. The molecule has 0 saturated carbocycles. The zero-order chi connectivity index (χ0) is 15.3. The molecule has 1 heterocycles. The van der Waals surface area contributed by atoms with Crippen LogP contribution in [0, 0.1) is 10.1 Å². The molecule has 110 valence electrons. The van der Waals surface area contributed by atoms with Crippen molar-refractivity contribution < 1.29 is 19.2 Å². The van der Waals surface area contributed by atoms with Crippen molar-refractivity contribution in [1.82, 2.24) is 0 Å². The number of nitrogens with zero attached hydrogens (tertiary/aromatic N) is 1. The summed E-state index contributed by atoms with van der Waals surface area (Å²) in [5, 5.41) is 13.8. The molecule has 1 rings (SSSR count). The Balaban J connectivity index is 3.34. The third-order valence-electron chi connectivity index (χ3n) is 2.37. The van der Waals surface area contributed by atoms with E-state index in [0.29, 0.717) is 11.3 Å². The van der Waals surface area contributed by atoms with E-state index in [1.807, 2.05) is 6.92 Å². The quantitative estimate of drug-likeness (QED) is 0.362. The smallest absolute Gasteiger partial charge is 0.350 e. The monoisotopic (exact) mass is 364 g/mol. The molecule has 0 aliphatic rings. The van der Waals surface area contributed by atoms with Gasteiger partial charge in [-0.25, -0.2) is 4.79 Å². The van der Waals surface area contributed by atoms with Crippen molar-refractivity contribution in [2.45, 2.75) is 25.1 Å². The van der Waals surface area contributed by atoms with Gasteiger partial charge in [-0.1, -0.05) is 22.9 Å². The number of amides is 1. The summed E-state index contributed by atoms with van der Waals surface area (Å²) in [5.74, 6) is -1.09. The van der Waals surface area contributed by atoms with E-state index < -0.39 is 10.9 Å². The predicted molar refractivity (Wildman–Crippen MR) is 78.5 cm³/mol. The van der Waals surface area contributed by atoms with Crippen molar-refractivity contribution >= 4 is 50.5 Å². The van der Waals surface area contributed by atoms with Gasteiger partial charge in [-0.3, -0.25) is 14.9 Å². The van der Waals surface area contributed by atoms with Gasteiger partial charge in [-0.05, 0) is 6.42 Å². The second-order valence-electron chi connectivity index (χ2n) is 3.76. The van der Waals surface area contributed by atoms with E-state index in [-0.39, 0.29) is 33.9 Å². The van der Waals surface area contributed by atoms with Crippen molar-refractivity contribution in [3.63, 3.8) is 0 Å². The van der Waals surface area contributed by atoms with E-state index in [1.54, 1.807) is 0 Å². The Hall–Kier alpha value is -1.48. The molecular formula is C11H13BrN2O5S. The zero-order valence-electron chi connectivity index (χ0n) is 10.9. The maximum absolute atomic E-state index is 11.7. The summed E-state index contributed by atoms with van der Waals surface area (Å²) in [7, 11) is 1.18. The molecule has 20 heavy (non-hydrogen) atoms. The van der Waals surface area contributed by atoms with Gasteiger partial charge in [0, 0.05) is 11.8 Å². The molecule has 0 aliphatic heterocycles. The first-order chi connectivity index (χ1) is 9.46. The summed E-state index contributed by atoms with van der Waals surface area (Å²) < 4.78 is 4.59. The Kier molecular flexibility index (Phi) is 6.08. The molecule has 0 atom stereocenters. The lowest BCUT2D eigenvalue weighted by atomic mass is 10.2. The number of alkyl halides is 1. The number of carbonyl (C=O) groups is 2. The van der Waals surface area contributed by atoms with Crippen LogP contribution in [0.3, 0.4) is 0 Å². The van der Waals surface area contributed by atoms with Crippen LogP contribution in [0.2, 0.25) is 0 Å². The van der Waals surface area contributed by atoms with E-state index in [0.717, 1.165) is 11.3 Å². The lowest BCUT2D eigenvalue weighted by Gasteiger charge is -2.04. The first-order valence-corrected chi connectivity index (χ1v) is 7.64. The average Bonchev–Trinajstić information content (AvgIpc) is 2.76. The van der Waals surface area contributed by atoms with Gasteiger partial charge in [-0.15, -0.1) is 11.3 Å². The highest BCUT2D eigenvalue weighted by Crippen LogP contribution is 2.41. The molecule has 1 amide bonds. The molecule has 0 saturated heterocycles. The van der Waals surface area contributed by atoms with Crippen LogP contribution in [0.15, 0.2) is 0 Å². The summed E-state index contributed by atoms with van der Waals surface area (Å²) in [4.78, 5) is 34.3. The first-order valence-electron chi connectivity index (χ1n) is 5.70. The summed E-state index contributed by atoms with van der Waals surface area (Å²) >= 11 is 4.06. The lowest BCUT2D eigenvalue weighted by molar-refractivity contribution is -0.384. The topological polar surface area (TPSA) is 98.5 Å². The van der Waals surface area contributed by atoms with Crippen molar-refractivity contribution in [3.05, 3.63) is 19.9 Å². The number of hydrogen-bond donors (Lipinski definition) is 1. The molecule has 0 aromatic carbocycles. The number of esters is 1. The van der Waals surface area contributed by atoms with Gasteiger partial charge in [0.05, 0.1) is 16.9 Å². The summed E-state index contributed by atoms with van der Waals surface area (Å²) in [5.41, 5.74) is -0.350. The normalized spacial score (nSPS) is 10.2. The van der Waals surface area contributed by atoms with Crippen LogP contribution in [-0.2, 0) is 14.9 Å². The minimum Gasteiger partial charge on any atom is -0.465 e. The Morgan fingerprint density at radius 3 is 2.60 bits per heavy atom. The van der Waals surface area contributed by atoms with Crippen LogP contribution < -0.4 is 5.32 Å². The average molecular weight is 365 g/mol. The molecule has 0 spiro atoms. The third-order valence-corrected chi connectivity index (χ3v) is 4.46. The van der Waals surface area contributed by atoms with Crippen LogP contribution in [0.1, 0.15) is 34.3 Å². The Bertz CT molecular complexity index is 543. The molecule has 1 aromatic heterocycles. The van der Waals surface area contributed by atoms with E-state index >= 15 is 0 Å². The number of methoxy groups -OCH3 is 1. The van der Waals surface area contributed by atoms with E-state index in [1.165, 1.54) is 7.11 Å². The van der Waals surface area contributed by atoms with Gasteiger partial charge < -0.3 is 10.1 Å². The van der Waals surface area contributed by atoms with Crippen molar-refractivity contribution in [1.29, 1.82) is 0 Å². The molecule has 0 fully saturated rings. The highest BCUT2D eigenvalue weighted by atomic mass is 79.9. The summed E-state index contributed by atoms with van der Waals surface area (Å²) in [6.07, 6.45) is 0.819. The van der Waals surface area contributed by atoms with Gasteiger partial charge in [0.1, 0.15) is 10.6 Å². The number of carbonyl (C=O) groups excluding carboxylic acids is 2. The second kappa shape index (κ2) is 7.34. The Morgan fingerprint density at radius 2 is 2.15 bits per heavy atom. The molecule has 9 heteroatoms. The van der Waals surface area contributed by atoms with Gasteiger partial charge in [0.15, 0.2) is 0 Å². The SMILES string of the molecule is CCCC(=O)Nc1c(C(=O)OC)sc(CBr)c1[N+](=O)[O-]. The highest BCUT2D eigenvalue weighted by molar-refractivity contribution is 9.08. The number of anilines is 1. The Labute approximate surface area is 127 Å². The number of hydrogen-bond acceptors (Lipinski definition) is 6. The number of thiophene rings is 1. The van der Waals surface area contributed by atoms with Gasteiger partial charge in [0.25, 0.3) is 0 Å². The Morgan fingerprint density at radius 1 is 1.50 bits per heavy atom. The van der Waals surface area contributed by atoms with Crippen LogP contribution in [-0.4, -0.2) is 23.9 Å². The fraction of sp³-hybridized carbons (Fsp3) is 0.455. The van der Waals surface area contributed by atoms with Crippen molar-refractivity contribution in [2.75, 3.05) is 12.4 Å². The fourth-order valence-corrected chi connectivity index (χ4v) is 3.13. The maximum Gasteiger partial charge on any atom is 0.350 e. The van der Waals surface area contributed by atoms with Crippen LogP contribution in [0.4, 0.5) is 11.4 Å². The predicted octanol–water partition coefficient (Wildman–Crippen LogP) is 3.08. The summed E-state index contributed by atoms with van der Waals surface area (Å²) in [6.45, 7) is 1.81. The minimum atomic E-state index is -0.711. The number of halogens is 1. The lowest BCUT2D eigenvalue weighted by Crippen LogP contribution is -2.14. The molecule has 1 aromatic rings. The fourth-order valence-electron chi connectivity index (χ4n) is 1.53. The van der Waals surface area contributed by atoms with Gasteiger partial charge in [0.2, 0.25) is 5.91 Å². The standard InChI is InChI=1S/C11H13BrN2O5S/c1-3-4-7(15)13-8-9(14(17)18)6(5-12)20-10(8)11(16)19-2/h3-5H2,1-2H3,(H,13,15). The molecule has 1 N–H and O–H groups in total. The molecule has 7 nitrogen and oxygen atoms in total. The van der Waals surface area contributed by atoms with Crippen molar-refractivity contribution in [2.24, 2.45) is 0 Å². The van der Waals surface area contributed by atoms with Crippen LogP contribution in [0.25, 0.3) is 0 Å². The van der Waals surface area contributed by atoms with Crippen LogP contribution >= 0.6 is 27.3 Å². The molecule has 0 bridgehead atoms. The van der Waals surface area contributed by atoms with Gasteiger partial charge >= 0.3 is 11.7 Å². The number of ether oxygens (including phenoxy) is 1. The molecule has 0 unspecified atom stereocenters. The molecular weight excluding hydrogens is 352 g/mol. The molecule has 0 radical (unpaired) electrons. The number of nitrogens with one attached hydrogen (secondary N) is 1. The minimum absolute atomic E-state index is 0.0260. The zero-order valence-corrected chi connectivity index (χ0v) is 13.3. The highest BCUT2D eigenvalue weighted by Gasteiger charge is 2.31. The largest absolute Gasteiger partial charge is 0.465 e. The molecule has 0 aliphatic carbocycles.